The number of fused-ring (bicyclic) bond motifs is 1. The van der Waals surface area contributed by atoms with Crippen molar-refractivity contribution in [3.8, 4) is 0 Å². The summed E-state index contributed by atoms with van der Waals surface area (Å²) in [6.45, 7) is -0.432. The Kier molecular flexibility index (Phi) is 3.25. The zero-order valence-corrected chi connectivity index (χ0v) is 10.4. The van der Waals surface area contributed by atoms with Gasteiger partial charge in [0.25, 0.3) is 5.91 Å². The van der Waals surface area contributed by atoms with E-state index in [2.05, 4.69) is 5.32 Å². The monoisotopic (exact) mass is 266 g/mol. The molecular weight excluding hydrogens is 256 g/mol. The first-order valence-electron chi connectivity index (χ1n) is 5.25. The summed E-state index contributed by atoms with van der Waals surface area (Å²) >= 11 is 6.10. The van der Waals surface area contributed by atoms with Gasteiger partial charge in [-0.3, -0.25) is 9.59 Å². The minimum Gasteiger partial charge on any atom is -0.480 e. The Hall–Kier alpha value is -2.01. The Bertz CT molecular complexity index is 634. The van der Waals surface area contributed by atoms with Gasteiger partial charge >= 0.3 is 5.97 Å². The van der Waals surface area contributed by atoms with Crippen LogP contribution in [0.4, 0.5) is 0 Å². The maximum absolute atomic E-state index is 11.9. The average molecular weight is 267 g/mol. The van der Waals surface area contributed by atoms with Gasteiger partial charge in [-0.2, -0.15) is 0 Å². The van der Waals surface area contributed by atoms with Gasteiger partial charge in [-0.05, 0) is 6.07 Å². The molecule has 0 unspecified atom stereocenters. The number of amides is 1. The van der Waals surface area contributed by atoms with Crippen LogP contribution in [0.2, 0.25) is 5.15 Å². The molecule has 0 saturated carbocycles. The molecule has 0 atom stereocenters. The van der Waals surface area contributed by atoms with Crippen molar-refractivity contribution >= 4 is 34.4 Å². The molecule has 5 nitrogen and oxygen atoms in total. The smallest absolute Gasteiger partial charge is 0.322 e. The number of aliphatic carboxylic acids is 1. The number of halogens is 1. The van der Waals surface area contributed by atoms with Gasteiger partial charge in [0, 0.05) is 18.0 Å². The molecule has 0 aliphatic heterocycles. The number of carboxylic acid groups (broad SMARTS) is 1. The predicted octanol–water partition coefficient (Wildman–Crippen LogP) is 1.65. The standard InChI is InChI=1S/C12H11ClN2O3/c1-15-8-5-3-2-4-7(8)10(11(15)13)12(18)14-6-9(16)17/h2-5H,6H2,1H3,(H,14,18)(H,16,17). The lowest BCUT2D eigenvalue weighted by molar-refractivity contribution is -0.135. The second-order valence-electron chi connectivity index (χ2n) is 3.82. The summed E-state index contributed by atoms with van der Waals surface area (Å²) in [4.78, 5) is 22.4. The number of nitrogens with zero attached hydrogens (tertiary/aromatic N) is 1. The third-order valence-electron chi connectivity index (χ3n) is 2.66. The highest BCUT2D eigenvalue weighted by Crippen LogP contribution is 2.28. The van der Waals surface area contributed by atoms with Gasteiger partial charge in [-0.25, -0.2) is 0 Å². The van der Waals surface area contributed by atoms with Gasteiger partial charge in [-0.1, -0.05) is 29.8 Å². The zero-order chi connectivity index (χ0) is 13.3. The van der Waals surface area contributed by atoms with Crippen LogP contribution in [0.15, 0.2) is 24.3 Å². The molecule has 6 heteroatoms. The number of aryl methyl sites for hydroxylation is 1. The lowest BCUT2D eigenvalue weighted by Crippen LogP contribution is -2.29. The highest BCUT2D eigenvalue weighted by molar-refractivity contribution is 6.35. The first-order valence-corrected chi connectivity index (χ1v) is 5.63. The van der Waals surface area contributed by atoms with Crippen LogP contribution in [0.3, 0.4) is 0 Å². The fraction of sp³-hybridized carbons (Fsp3) is 0.167. The van der Waals surface area contributed by atoms with E-state index in [-0.39, 0.29) is 0 Å². The first kappa shape index (κ1) is 12.4. The fourth-order valence-corrected chi connectivity index (χ4v) is 2.10. The molecule has 2 aromatic rings. The van der Waals surface area contributed by atoms with Crippen molar-refractivity contribution in [1.29, 1.82) is 0 Å². The number of benzene rings is 1. The second kappa shape index (κ2) is 4.70. The SMILES string of the molecule is Cn1c(Cl)c(C(=O)NCC(=O)O)c2ccccc21. The molecular formula is C12H11ClN2O3. The molecule has 1 aromatic heterocycles. The molecule has 2 N–H and O–H groups in total. The number of carboxylic acids is 1. The third-order valence-corrected chi connectivity index (χ3v) is 3.11. The quantitative estimate of drug-likeness (QED) is 0.887. The second-order valence-corrected chi connectivity index (χ2v) is 4.18. The van der Waals surface area contributed by atoms with E-state index in [4.69, 9.17) is 16.7 Å². The summed E-state index contributed by atoms with van der Waals surface area (Å²) in [6, 6.07) is 7.26. The molecule has 0 spiro atoms. The van der Waals surface area contributed by atoms with E-state index in [1.165, 1.54) is 0 Å². The van der Waals surface area contributed by atoms with Crippen LogP contribution in [0.25, 0.3) is 10.9 Å². The van der Waals surface area contributed by atoms with Crippen LogP contribution in [-0.2, 0) is 11.8 Å². The molecule has 0 aliphatic carbocycles. The van der Waals surface area contributed by atoms with Crippen LogP contribution in [-0.4, -0.2) is 28.1 Å². The highest BCUT2D eigenvalue weighted by atomic mass is 35.5. The van der Waals surface area contributed by atoms with Crippen LogP contribution in [0.5, 0.6) is 0 Å². The lowest BCUT2D eigenvalue weighted by Gasteiger charge is -2.01. The van der Waals surface area contributed by atoms with Crippen molar-refractivity contribution in [2.75, 3.05) is 6.54 Å². The molecule has 0 aliphatic rings. The molecule has 1 heterocycles. The predicted molar refractivity (Wildman–Crippen MR) is 67.9 cm³/mol. The maximum Gasteiger partial charge on any atom is 0.322 e. The van der Waals surface area contributed by atoms with E-state index >= 15 is 0 Å². The number of nitrogens with one attached hydrogen (secondary N) is 1. The molecule has 2 rings (SSSR count). The minimum atomic E-state index is -1.10. The van der Waals surface area contributed by atoms with Gasteiger partial charge in [0.1, 0.15) is 11.7 Å². The van der Waals surface area contributed by atoms with Gasteiger partial charge in [0.05, 0.1) is 5.56 Å². The van der Waals surface area contributed by atoms with E-state index in [9.17, 15) is 9.59 Å². The van der Waals surface area contributed by atoms with Crippen molar-refractivity contribution < 1.29 is 14.7 Å². The van der Waals surface area contributed by atoms with Gasteiger partial charge in [0.2, 0.25) is 0 Å². The number of hydrogen-bond acceptors (Lipinski definition) is 2. The maximum atomic E-state index is 11.9. The van der Waals surface area contributed by atoms with Crippen molar-refractivity contribution in [3.63, 3.8) is 0 Å². The lowest BCUT2D eigenvalue weighted by atomic mass is 10.1. The number of hydrogen-bond donors (Lipinski definition) is 2. The Balaban J connectivity index is 2.47. The fourth-order valence-electron chi connectivity index (χ4n) is 1.82. The highest BCUT2D eigenvalue weighted by Gasteiger charge is 2.19. The molecule has 0 fully saturated rings. The van der Waals surface area contributed by atoms with Gasteiger partial charge < -0.3 is 15.0 Å². The van der Waals surface area contributed by atoms with Crippen molar-refractivity contribution in [1.82, 2.24) is 9.88 Å². The summed E-state index contributed by atoms with van der Waals surface area (Å²) in [5, 5.41) is 11.8. The number of carbonyl (C=O) groups is 2. The summed E-state index contributed by atoms with van der Waals surface area (Å²) in [6.07, 6.45) is 0. The van der Waals surface area contributed by atoms with Crippen molar-refractivity contribution in [2.24, 2.45) is 7.05 Å². The van der Waals surface area contributed by atoms with E-state index < -0.39 is 18.4 Å². The molecule has 94 valence electrons. The zero-order valence-electron chi connectivity index (χ0n) is 9.61. The molecule has 18 heavy (non-hydrogen) atoms. The summed E-state index contributed by atoms with van der Waals surface area (Å²) in [7, 11) is 1.75. The largest absolute Gasteiger partial charge is 0.480 e. The van der Waals surface area contributed by atoms with Crippen LogP contribution < -0.4 is 5.32 Å². The third kappa shape index (κ3) is 2.04. The summed E-state index contributed by atoms with van der Waals surface area (Å²) < 4.78 is 1.69. The van der Waals surface area contributed by atoms with E-state index in [1.807, 2.05) is 12.1 Å². The Morgan fingerprint density at radius 3 is 2.72 bits per heavy atom. The number of aromatic nitrogens is 1. The summed E-state index contributed by atoms with van der Waals surface area (Å²) in [5.74, 6) is -1.58. The van der Waals surface area contributed by atoms with Crippen LogP contribution >= 0.6 is 11.6 Å². The van der Waals surface area contributed by atoms with Crippen LogP contribution in [0.1, 0.15) is 10.4 Å². The van der Waals surface area contributed by atoms with Crippen molar-refractivity contribution in [2.45, 2.75) is 0 Å². The molecule has 0 bridgehead atoms. The Morgan fingerprint density at radius 1 is 1.39 bits per heavy atom. The first-order chi connectivity index (χ1) is 8.52. The van der Waals surface area contributed by atoms with E-state index in [0.29, 0.717) is 16.1 Å². The van der Waals surface area contributed by atoms with E-state index in [0.717, 1.165) is 5.52 Å². The minimum absolute atomic E-state index is 0.291. The molecule has 0 saturated heterocycles. The van der Waals surface area contributed by atoms with Gasteiger partial charge in [-0.15, -0.1) is 0 Å². The average Bonchev–Trinajstić information content (AvgIpc) is 2.60. The Labute approximate surface area is 108 Å². The topological polar surface area (TPSA) is 71.3 Å². The molecule has 0 radical (unpaired) electrons. The number of rotatable bonds is 3. The molecule has 1 aromatic carbocycles. The normalized spacial score (nSPS) is 10.6. The summed E-state index contributed by atoms with van der Waals surface area (Å²) in [5.41, 5.74) is 1.12. The van der Waals surface area contributed by atoms with Gasteiger partial charge in [0.15, 0.2) is 0 Å². The van der Waals surface area contributed by atoms with Crippen LogP contribution in [0, 0.1) is 0 Å². The van der Waals surface area contributed by atoms with E-state index in [1.54, 1.807) is 23.7 Å². The molecule has 1 amide bonds. The number of para-hydroxylation sites is 1. The Morgan fingerprint density at radius 2 is 2.06 bits per heavy atom. The number of carbonyl (C=O) groups excluding carboxylic acids is 1. The van der Waals surface area contributed by atoms with Crippen molar-refractivity contribution in [3.05, 3.63) is 35.0 Å².